The molecule has 0 saturated carbocycles. The quantitative estimate of drug-likeness (QED) is 0.611. The van der Waals surface area contributed by atoms with E-state index in [1.807, 2.05) is 11.8 Å². The van der Waals surface area contributed by atoms with E-state index in [0.717, 1.165) is 6.54 Å². The van der Waals surface area contributed by atoms with E-state index in [-0.39, 0.29) is 12.6 Å². The topological polar surface area (TPSA) is 23.5 Å². The number of alkyl halides is 1. The minimum atomic E-state index is -0.672. The number of hydrogen-bond acceptors (Lipinski definition) is 2. The summed E-state index contributed by atoms with van der Waals surface area (Å²) in [6, 6.07) is 0.126. The first kappa shape index (κ1) is 7.95. The molecular formula is C7H14FNO. The number of aliphatic hydroxyl groups is 1. The summed E-state index contributed by atoms with van der Waals surface area (Å²) in [4.78, 5) is 1.98. The lowest BCUT2D eigenvalue weighted by Crippen LogP contribution is -2.33. The van der Waals surface area contributed by atoms with Crippen molar-refractivity contribution in [2.24, 2.45) is 0 Å². The molecule has 60 valence electrons. The molecule has 0 unspecified atom stereocenters. The Morgan fingerprint density at radius 2 is 2.50 bits per heavy atom. The first-order valence-corrected chi connectivity index (χ1v) is 3.73. The number of hydrogen-bond donors (Lipinski definition) is 1. The van der Waals surface area contributed by atoms with Gasteiger partial charge in [0.15, 0.2) is 0 Å². The number of aliphatic hydroxyl groups excluding tert-OH is 1. The summed E-state index contributed by atoms with van der Waals surface area (Å²) in [7, 11) is 0. The molecule has 2 atom stereocenters. The van der Waals surface area contributed by atoms with Gasteiger partial charge >= 0.3 is 0 Å². The molecule has 0 spiro atoms. The molecular weight excluding hydrogens is 133 g/mol. The van der Waals surface area contributed by atoms with Crippen molar-refractivity contribution < 1.29 is 9.50 Å². The van der Waals surface area contributed by atoms with E-state index in [1.165, 1.54) is 0 Å². The van der Waals surface area contributed by atoms with Crippen LogP contribution >= 0.6 is 0 Å². The predicted octanol–water partition coefficient (Wildman–Crippen LogP) is 0.411. The maximum absolute atomic E-state index is 12.5. The Balaban J connectivity index is 2.29. The molecule has 0 bridgehead atoms. The lowest BCUT2D eigenvalue weighted by Gasteiger charge is -2.20. The molecule has 0 aromatic rings. The Morgan fingerprint density at radius 1 is 1.80 bits per heavy atom. The number of nitrogens with zero attached hydrogens (tertiary/aromatic N) is 1. The van der Waals surface area contributed by atoms with E-state index in [4.69, 9.17) is 5.11 Å². The van der Waals surface area contributed by atoms with Crippen LogP contribution in [0.25, 0.3) is 0 Å². The summed E-state index contributed by atoms with van der Waals surface area (Å²) in [5.41, 5.74) is 0. The number of likely N-dealkylation sites (tertiary alicyclic amines) is 1. The molecule has 10 heavy (non-hydrogen) atoms. The van der Waals surface area contributed by atoms with Crippen LogP contribution in [-0.4, -0.2) is 41.9 Å². The van der Waals surface area contributed by atoms with E-state index in [2.05, 4.69) is 0 Å². The molecule has 1 heterocycles. The van der Waals surface area contributed by atoms with Gasteiger partial charge in [-0.1, -0.05) is 0 Å². The third kappa shape index (κ3) is 1.67. The first-order chi connectivity index (χ1) is 4.74. The van der Waals surface area contributed by atoms with Gasteiger partial charge in [0.05, 0.1) is 6.61 Å². The third-order valence-corrected chi connectivity index (χ3v) is 2.05. The van der Waals surface area contributed by atoms with Crippen molar-refractivity contribution in [2.75, 3.05) is 19.7 Å². The van der Waals surface area contributed by atoms with Crippen LogP contribution in [0.4, 0.5) is 4.39 Å². The normalized spacial score (nSPS) is 30.9. The van der Waals surface area contributed by atoms with Gasteiger partial charge < -0.3 is 5.11 Å². The SMILES string of the molecule is C[C@@H](CO)N1CC[C@H](F)C1. The fourth-order valence-corrected chi connectivity index (χ4v) is 1.26. The smallest absolute Gasteiger partial charge is 0.114 e. The Morgan fingerprint density at radius 3 is 2.90 bits per heavy atom. The van der Waals surface area contributed by atoms with Crippen molar-refractivity contribution in [1.82, 2.24) is 4.90 Å². The van der Waals surface area contributed by atoms with Gasteiger partial charge in [-0.25, -0.2) is 4.39 Å². The van der Waals surface area contributed by atoms with Gasteiger partial charge in [0, 0.05) is 19.1 Å². The molecule has 2 nitrogen and oxygen atoms in total. The molecule has 0 radical (unpaired) electrons. The van der Waals surface area contributed by atoms with E-state index in [9.17, 15) is 4.39 Å². The van der Waals surface area contributed by atoms with E-state index >= 15 is 0 Å². The first-order valence-electron chi connectivity index (χ1n) is 3.73. The molecule has 0 aromatic heterocycles. The van der Waals surface area contributed by atoms with Gasteiger partial charge in [0.25, 0.3) is 0 Å². The van der Waals surface area contributed by atoms with Gasteiger partial charge in [-0.15, -0.1) is 0 Å². The zero-order valence-electron chi connectivity index (χ0n) is 6.26. The molecule has 1 aliphatic rings. The zero-order chi connectivity index (χ0) is 7.56. The van der Waals surface area contributed by atoms with Crippen molar-refractivity contribution in [3.05, 3.63) is 0 Å². The van der Waals surface area contributed by atoms with Crippen molar-refractivity contribution in [3.63, 3.8) is 0 Å². The molecule has 1 rings (SSSR count). The van der Waals surface area contributed by atoms with Crippen molar-refractivity contribution in [1.29, 1.82) is 0 Å². The average molecular weight is 147 g/mol. The maximum Gasteiger partial charge on any atom is 0.114 e. The van der Waals surface area contributed by atoms with Crippen LogP contribution in [0.15, 0.2) is 0 Å². The highest BCUT2D eigenvalue weighted by molar-refractivity contribution is 4.78. The van der Waals surface area contributed by atoms with Gasteiger partial charge in [0.1, 0.15) is 6.17 Å². The Hall–Kier alpha value is -0.150. The van der Waals surface area contributed by atoms with Gasteiger partial charge in [-0.3, -0.25) is 4.90 Å². The summed E-state index contributed by atoms with van der Waals surface area (Å²) in [6.07, 6.45) is -0.0429. The standard InChI is InChI=1S/C7H14FNO/c1-6(5-10)9-3-2-7(8)4-9/h6-7,10H,2-5H2,1H3/t6-,7-/m0/s1. The highest BCUT2D eigenvalue weighted by atomic mass is 19.1. The Bertz CT molecular complexity index is 110. The average Bonchev–Trinajstić information content (AvgIpc) is 2.34. The highest BCUT2D eigenvalue weighted by Gasteiger charge is 2.24. The fourth-order valence-electron chi connectivity index (χ4n) is 1.26. The van der Waals surface area contributed by atoms with E-state index in [0.29, 0.717) is 13.0 Å². The fraction of sp³-hybridized carbons (Fsp3) is 1.00. The molecule has 1 aliphatic heterocycles. The van der Waals surface area contributed by atoms with Crippen LogP contribution in [0.2, 0.25) is 0 Å². The lowest BCUT2D eigenvalue weighted by atomic mass is 10.3. The predicted molar refractivity (Wildman–Crippen MR) is 37.6 cm³/mol. The molecule has 1 saturated heterocycles. The number of halogens is 1. The summed E-state index contributed by atoms with van der Waals surface area (Å²) in [5, 5.41) is 8.72. The van der Waals surface area contributed by atoms with Crippen LogP contribution in [0.1, 0.15) is 13.3 Å². The van der Waals surface area contributed by atoms with Crippen LogP contribution in [0.5, 0.6) is 0 Å². The molecule has 0 aliphatic carbocycles. The molecule has 0 aromatic carbocycles. The van der Waals surface area contributed by atoms with Gasteiger partial charge in [0.2, 0.25) is 0 Å². The zero-order valence-corrected chi connectivity index (χ0v) is 6.26. The maximum atomic E-state index is 12.5. The second-order valence-electron chi connectivity index (χ2n) is 2.91. The van der Waals surface area contributed by atoms with E-state index < -0.39 is 6.17 Å². The monoisotopic (exact) mass is 147 g/mol. The summed E-state index contributed by atoms with van der Waals surface area (Å²) < 4.78 is 12.5. The Labute approximate surface area is 60.6 Å². The lowest BCUT2D eigenvalue weighted by molar-refractivity contribution is 0.150. The van der Waals surface area contributed by atoms with Gasteiger partial charge in [-0.05, 0) is 13.3 Å². The highest BCUT2D eigenvalue weighted by Crippen LogP contribution is 2.14. The second kappa shape index (κ2) is 3.30. The van der Waals surface area contributed by atoms with Crippen molar-refractivity contribution >= 4 is 0 Å². The summed E-state index contributed by atoms with van der Waals surface area (Å²) >= 11 is 0. The van der Waals surface area contributed by atoms with E-state index in [1.54, 1.807) is 0 Å². The minimum Gasteiger partial charge on any atom is -0.395 e. The van der Waals surface area contributed by atoms with Crippen LogP contribution < -0.4 is 0 Å². The second-order valence-corrected chi connectivity index (χ2v) is 2.91. The van der Waals surface area contributed by atoms with Gasteiger partial charge in [-0.2, -0.15) is 0 Å². The van der Waals surface area contributed by atoms with Crippen molar-refractivity contribution in [2.45, 2.75) is 25.6 Å². The molecule has 1 N–H and O–H groups in total. The molecule has 0 amide bonds. The largest absolute Gasteiger partial charge is 0.395 e. The minimum absolute atomic E-state index is 0.126. The molecule has 3 heteroatoms. The van der Waals surface area contributed by atoms with Crippen LogP contribution in [-0.2, 0) is 0 Å². The molecule has 1 fully saturated rings. The van der Waals surface area contributed by atoms with Crippen LogP contribution in [0, 0.1) is 0 Å². The summed E-state index contributed by atoms with van der Waals surface area (Å²) in [6.45, 7) is 3.34. The number of rotatable bonds is 2. The summed E-state index contributed by atoms with van der Waals surface area (Å²) in [5.74, 6) is 0. The van der Waals surface area contributed by atoms with Crippen LogP contribution in [0.3, 0.4) is 0 Å². The third-order valence-electron chi connectivity index (χ3n) is 2.05. The Kier molecular flexibility index (Phi) is 2.63. The van der Waals surface area contributed by atoms with Crippen molar-refractivity contribution in [3.8, 4) is 0 Å².